The summed E-state index contributed by atoms with van der Waals surface area (Å²) < 4.78 is 2.49. The van der Waals surface area contributed by atoms with E-state index in [1.165, 1.54) is 60.5 Å². The maximum Gasteiger partial charge on any atom is 0.159 e. The fourth-order valence-corrected chi connectivity index (χ4v) is 8.08. The lowest BCUT2D eigenvalue weighted by molar-refractivity contribution is 0.741. The van der Waals surface area contributed by atoms with E-state index < -0.39 is 5.41 Å². The fourth-order valence-electron chi connectivity index (χ4n) is 8.08. The van der Waals surface area contributed by atoms with Gasteiger partial charge in [-0.25, -0.2) is 9.97 Å². The smallest absolute Gasteiger partial charge is 0.159 e. The minimum atomic E-state index is -0.491. The number of hydrogen-bond donors (Lipinski definition) is 0. The molecule has 0 saturated carbocycles. The van der Waals surface area contributed by atoms with Gasteiger partial charge in [-0.15, -0.1) is 0 Å². The van der Waals surface area contributed by atoms with Crippen LogP contribution >= 0.6 is 0 Å². The van der Waals surface area contributed by atoms with Gasteiger partial charge in [-0.3, -0.25) is 0 Å². The minimum Gasteiger partial charge on any atom is -0.309 e. The second kappa shape index (κ2) is 9.73. The van der Waals surface area contributed by atoms with Crippen LogP contribution in [0.25, 0.3) is 62.0 Å². The standard InChI is InChI=1S/C42H31N3/c1-3-30-31-16-9-12-20-37(31)45-38-21-13-11-19-35(38)42(33(4-2)40(30)45)34-18-10-8-17-32(34)39-36(42)26-43-41(44-39)29-24-22-28(23-25-29)27-14-6-5-7-15-27/h3,5-26H,4H2,1-2H3/b30-3-. The van der Waals surface area contributed by atoms with E-state index in [1.807, 2.05) is 6.07 Å². The van der Waals surface area contributed by atoms with E-state index in [0.717, 1.165) is 29.1 Å². The predicted octanol–water partition coefficient (Wildman–Crippen LogP) is 8.44. The molecule has 5 aromatic carbocycles. The third-order valence-electron chi connectivity index (χ3n) is 9.87. The summed E-state index contributed by atoms with van der Waals surface area (Å²) >= 11 is 0. The molecule has 3 heteroatoms. The van der Waals surface area contributed by atoms with Gasteiger partial charge in [0.2, 0.25) is 0 Å². The molecule has 3 heterocycles. The van der Waals surface area contributed by atoms with Crippen molar-refractivity contribution < 1.29 is 0 Å². The largest absolute Gasteiger partial charge is 0.309 e. The number of para-hydroxylation sites is 2. The Bertz CT molecular complexity index is 2420. The van der Waals surface area contributed by atoms with E-state index in [2.05, 4.69) is 152 Å². The summed E-state index contributed by atoms with van der Waals surface area (Å²) in [7, 11) is 0. The molecule has 1 aliphatic carbocycles. The Hall–Kier alpha value is -5.54. The highest BCUT2D eigenvalue weighted by Gasteiger charge is 2.51. The van der Waals surface area contributed by atoms with Crippen molar-refractivity contribution in [3.05, 3.63) is 161 Å². The molecule has 1 aliphatic heterocycles. The molecule has 0 bridgehead atoms. The first-order valence-electron chi connectivity index (χ1n) is 15.8. The summed E-state index contributed by atoms with van der Waals surface area (Å²) in [6, 6.07) is 45.7. The second-order valence-corrected chi connectivity index (χ2v) is 11.9. The minimum absolute atomic E-state index is 0.491. The summed E-state index contributed by atoms with van der Waals surface area (Å²) in [5.41, 5.74) is 12.7. The van der Waals surface area contributed by atoms with Gasteiger partial charge in [-0.2, -0.15) is 0 Å². The van der Waals surface area contributed by atoms with E-state index in [9.17, 15) is 0 Å². The molecule has 1 spiro atoms. The summed E-state index contributed by atoms with van der Waals surface area (Å²) in [6.45, 7) is 4.47. The molecule has 3 nitrogen and oxygen atoms in total. The second-order valence-electron chi connectivity index (χ2n) is 11.9. The Morgan fingerprint density at radius 2 is 1.33 bits per heavy atom. The van der Waals surface area contributed by atoms with Crippen LogP contribution in [0.5, 0.6) is 0 Å². The Morgan fingerprint density at radius 1 is 0.667 bits per heavy atom. The molecule has 45 heavy (non-hydrogen) atoms. The van der Waals surface area contributed by atoms with Crippen LogP contribution in [0.2, 0.25) is 0 Å². The number of hydrogen-bond acceptors (Lipinski definition) is 2. The van der Waals surface area contributed by atoms with Gasteiger partial charge >= 0.3 is 0 Å². The summed E-state index contributed by atoms with van der Waals surface area (Å²) in [5, 5.41) is 3.87. The molecule has 1 unspecified atom stereocenters. The van der Waals surface area contributed by atoms with E-state index >= 15 is 0 Å². The number of fused-ring (bicyclic) bond motifs is 11. The Balaban J connectivity index is 1.35. The van der Waals surface area contributed by atoms with Crippen molar-refractivity contribution in [2.75, 3.05) is 0 Å². The maximum atomic E-state index is 5.36. The van der Waals surface area contributed by atoms with Crippen LogP contribution < -0.4 is 10.6 Å². The Kier molecular flexibility index (Phi) is 5.61. The topological polar surface area (TPSA) is 30.7 Å². The van der Waals surface area contributed by atoms with Crippen LogP contribution in [-0.4, -0.2) is 14.5 Å². The van der Waals surface area contributed by atoms with Crippen molar-refractivity contribution in [1.82, 2.24) is 14.5 Å². The van der Waals surface area contributed by atoms with E-state index in [0.29, 0.717) is 0 Å². The molecule has 0 saturated heterocycles. The van der Waals surface area contributed by atoms with E-state index in [4.69, 9.17) is 9.97 Å². The SMILES string of the molecule is C/C=c1\c2n(c3ccccc13)-c1ccccc1C1(C=2CC)c2ccccc2-c2nc(-c3ccc(-c4ccccc4)cc3)ncc21. The third-order valence-corrected chi connectivity index (χ3v) is 9.87. The number of rotatable bonds is 3. The van der Waals surface area contributed by atoms with Crippen molar-refractivity contribution in [2.24, 2.45) is 0 Å². The van der Waals surface area contributed by atoms with Crippen LogP contribution in [0.15, 0.2) is 134 Å². The first-order valence-corrected chi connectivity index (χ1v) is 15.8. The molecule has 0 amide bonds. The third kappa shape index (κ3) is 3.41. The zero-order chi connectivity index (χ0) is 30.1. The van der Waals surface area contributed by atoms with Crippen LogP contribution in [0, 0.1) is 0 Å². The summed E-state index contributed by atoms with van der Waals surface area (Å²) in [6.07, 6.45) is 5.29. The average molecular weight is 578 g/mol. The normalized spacial score (nSPS) is 16.5. The lowest BCUT2D eigenvalue weighted by Crippen LogP contribution is -2.44. The first kappa shape index (κ1) is 25.9. The molecule has 0 fully saturated rings. The van der Waals surface area contributed by atoms with E-state index in [1.54, 1.807) is 0 Å². The van der Waals surface area contributed by atoms with Gasteiger partial charge in [0.05, 0.1) is 27.7 Å². The van der Waals surface area contributed by atoms with Gasteiger partial charge in [0.25, 0.3) is 0 Å². The van der Waals surface area contributed by atoms with E-state index in [-0.39, 0.29) is 0 Å². The molecule has 2 aromatic heterocycles. The molecule has 1 atom stereocenters. The van der Waals surface area contributed by atoms with Gasteiger partial charge < -0.3 is 4.57 Å². The zero-order valence-corrected chi connectivity index (χ0v) is 25.3. The number of nitrogens with zero attached hydrogens (tertiary/aromatic N) is 3. The Morgan fingerprint density at radius 3 is 2.13 bits per heavy atom. The van der Waals surface area contributed by atoms with Gasteiger partial charge in [-0.05, 0) is 53.3 Å². The summed E-state index contributed by atoms with van der Waals surface area (Å²) in [4.78, 5) is 10.5. The lowest BCUT2D eigenvalue weighted by atomic mass is 9.65. The molecule has 7 aromatic rings. The van der Waals surface area contributed by atoms with Gasteiger partial charge in [0, 0.05) is 33.5 Å². The van der Waals surface area contributed by atoms with Crippen molar-refractivity contribution in [3.8, 4) is 39.5 Å². The quantitative estimate of drug-likeness (QED) is 0.211. The molecule has 0 radical (unpaired) electrons. The highest BCUT2D eigenvalue weighted by Crippen LogP contribution is 2.58. The molecule has 214 valence electrons. The van der Waals surface area contributed by atoms with Crippen LogP contribution in [-0.2, 0) is 5.41 Å². The average Bonchev–Trinajstić information content (AvgIpc) is 3.60. The van der Waals surface area contributed by atoms with Gasteiger partial charge in [0.1, 0.15) is 0 Å². The van der Waals surface area contributed by atoms with Crippen LogP contribution in [0.4, 0.5) is 0 Å². The fraction of sp³-hybridized carbons (Fsp3) is 0.0952. The molecule has 9 rings (SSSR count). The van der Waals surface area contributed by atoms with Crippen molar-refractivity contribution >= 4 is 22.6 Å². The molecular formula is C42H31N3. The lowest BCUT2D eigenvalue weighted by Gasteiger charge is -2.39. The maximum absolute atomic E-state index is 5.36. The molecular weight excluding hydrogens is 546 g/mol. The molecule has 2 aliphatic rings. The van der Waals surface area contributed by atoms with Crippen molar-refractivity contribution in [2.45, 2.75) is 25.7 Å². The Labute approximate surface area is 262 Å². The summed E-state index contributed by atoms with van der Waals surface area (Å²) in [5.74, 6) is 0.749. The molecule has 0 N–H and O–H groups in total. The van der Waals surface area contributed by atoms with Gasteiger partial charge in [0.15, 0.2) is 5.82 Å². The number of aromatic nitrogens is 3. The van der Waals surface area contributed by atoms with Crippen molar-refractivity contribution in [3.63, 3.8) is 0 Å². The zero-order valence-electron chi connectivity index (χ0n) is 25.3. The highest BCUT2D eigenvalue weighted by molar-refractivity contribution is 5.95. The van der Waals surface area contributed by atoms with Crippen LogP contribution in [0.1, 0.15) is 37.0 Å². The van der Waals surface area contributed by atoms with Crippen molar-refractivity contribution in [1.29, 1.82) is 0 Å². The number of benzene rings is 5. The predicted molar refractivity (Wildman–Crippen MR) is 185 cm³/mol. The highest BCUT2D eigenvalue weighted by atomic mass is 15.0. The first-order chi connectivity index (χ1) is 22.3. The van der Waals surface area contributed by atoms with Crippen LogP contribution in [0.3, 0.4) is 0 Å². The monoisotopic (exact) mass is 577 g/mol. The van der Waals surface area contributed by atoms with Gasteiger partial charge in [-0.1, -0.05) is 128 Å².